The quantitative estimate of drug-likeness (QED) is 0.815. The van der Waals surface area contributed by atoms with Crippen molar-refractivity contribution < 1.29 is 4.42 Å². The first kappa shape index (κ1) is 10.2. The smallest absolute Gasteiger partial charge is 0.134 e. The zero-order valence-corrected chi connectivity index (χ0v) is 9.50. The van der Waals surface area contributed by atoms with Gasteiger partial charge >= 0.3 is 0 Å². The fourth-order valence-corrected chi connectivity index (χ4v) is 1.87. The van der Waals surface area contributed by atoms with Gasteiger partial charge in [0.1, 0.15) is 11.3 Å². The largest absolute Gasteiger partial charge is 0.461 e. The van der Waals surface area contributed by atoms with E-state index in [1.807, 2.05) is 6.92 Å². The zero-order chi connectivity index (χ0) is 11.0. The second-order valence-corrected chi connectivity index (χ2v) is 4.33. The maximum Gasteiger partial charge on any atom is 0.134 e. The number of aryl methyl sites for hydroxylation is 2. The van der Waals surface area contributed by atoms with E-state index in [9.17, 15) is 0 Å². The zero-order valence-electron chi connectivity index (χ0n) is 9.50. The predicted molar refractivity (Wildman–Crippen MR) is 63.0 cm³/mol. The molecular weight excluding hydrogens is 186 g/mol. The van der Waals surface area contributed by atoms with Crippen LogP contribution in [-0.2, 0) is 6.42 Å². The van der Waals surface area contributed by atoms with E-state index in [0.717, 1.165) is 17.8 Å². The fraction of sp³-hybridized carbons (Fsp3) is 0.385. The molecule has 2 rings (SSSR count). The minimum Gasteiger partial charge on any atom is -0.461 e. The monoisotopic (exact) mass is 203 g/mol. The molecule has 0 radical (unpaired) electrons. The van der Waals surface area contributed by atoms with E-state index in [0.29, 0.717) is 0 Å². The molecule has 1 aromatic heterocycles. The summed E-state index contributed by atoms with van der Waals surface area (Å²) in [7, 11) is 0. The van der Waals surface area contributed by atoms with Gasteiger partial charge in [-0.25, -0.2) is 0 Å². The average molecular weight is 203 g/mol. The van der Waals surface area contributed by atoms with Crippen LogP contribution in [0.3, 0.4) is 0 Å². The number of nitrogens with two attached hydrogens (primary N) is 1. The summed E-state index contributed by atoms with van der Waals surface area (Å²) in [4.78, 5) is 0. The molecular formula is C13H17NO. The van der Waals surface area contributed by atoms with Crippen molar-refractivity contribution in [2.24, 2.45) is 5.73 Å². The Kier molecular flexibility index (Phi) is 2.53. The summed E-state index contributed by atoms with van der Waals surface area (Å²) in [6.07, 6.45) is 0.805. The highest BCUT2D eigenvalue weighted by molar-refractivity contribution is 5.82. The molecule has 0 bridgehead atoms. The van der Waals surface area contributed by atoms with Crippen LogP contribution >= 0.6 is 0 Å². The lowest BCUT2D eigenvalue weighted by atomic mass is 10.1. The molecule has 15 heavy (non-hydrogen) atoms. The molecule has 2 N–H and O–H groups in total. The Hall–Kier alpha value is -1.28. The van der Waals surface area contributed by atoms with Crippen molar-refractivity contribution in [1.82, 2.24) is 0 Å². The lowest BCUT2D eigenvalue weighted by Gasteiger charge is -2.01. The highest BCUT2D eigenvalue weighted by atomic mass is 16.3. The van der Waals surface area contributed by atoms with Crippen LogP contribution in [0.2, 0.25) is 0 Å². The van der Waals surface area contributed by atoms with Crippen LogP contribution in [0.4, 0.5) is 0 Å². The Balaban J connectivity index is 2.54. The molecule has 0 aliphatic heterocycles. The third kappa shape index (κ3) is 1.90. The molecule has 0 spiro atoms. The van der Waals surface area contributed by atoms with Crippen molar-refractivity contribution in [2.75, 3.05) is 0 Å². The van der Waals surface area contributed by atoms with Gasteiger partial charge in [0.15, 0.2) is 0 Å². The molecule has 2 aromatic rings. The molecule has 0 amide bonds. The van der Waals surface area contributed by atoms with Gasteiger partial charge < -0.3 is 10.2 Å². The van der Waals surface area contributed by atoms with Gasteiger partial charge in [0.2, 0.25) is 0 Å². The van der Waals surface area contributed by atoms with Gasteiger partial charge in [0.05, 0.1) is 0 Å². The molecule has 0 saturated carbocycles. The van der Waals surface area contributed by atoms with Gasteiger partial charge in [-0.1, -0.05) is 12.1 Å². The molecule has 0 fully saturated rings. The molecule has 1 unspecified atom stereocenters. The van der Waals surface area contributed by atoms with Gasteiger partial charge in [0.25, 0.3) is 0 Å². The summed E-state index contributed by atoms with van der Waals surface area (Å²) < 4.78 is 5.81. The number of furan rings is 1. The lowest BCUT2D eigenvalue weighted by Crippen LogP contribution is -2.17. The van der Waals surface area contributed by atoms with Gasteiger partial charge in [-0.05, 0) is 38.0 Å². The van der Waals surface area contributed by atoms with Gasteiger partial charge in [-0.15, -0.1) is 0 Å². The van der Waals surface area contributed by atoms with Crippen molar-refractivity contribution in [2.45, 2.75) is 33.2 Å². The van der Waals surface area contributed by atoms with Crippen LogP contribution in [0, 0.1) is 13.8 Å². The number of fused-ring (bicyclic) bond motifs is 1. The minimum atomic E-state index is 0.144. The van der Waals surface area contributed by atoms with Crippen molar-refractivity contribution in [3.63, 3.8) is 0 Å². The Morgan fingerprint density at radius 3 is 2.73 bits per heavy atom. The van der Waals surface area contributed by atoms with E-state index in [2.05, 4.69) is 32.0 Å². The van der Waals surface area contributed by atoms with Crippen molar-refractivity contribution in [3.05, 3.63) is 35.1 Å². The molecule has 2 heteroatoms. The van der Waals surface area contributed by atoms with Gasteiger partial charge in [0, 0.05) is 17.8 Å². The SMILES string of the molecule is Cc1ccc2c(C)c(CC(C)N)oc2c1. The van der Waals surface area contributed by atoms with Crippen molar-refractivity contribution in [1.29, 1.82) is 0 Å². The maximum absolute atomic E-state index is 5.81. The Morgan fingerprint density at radius 1 is 1.33 bits per heavy atom. The first-order chi connectivity index (χ1) is 7.08. The average Bonchev–Trinajstić information content (AvgIpc) is 2.42. The summed E-state index contributed by atoms with van der Waals surface area (Å²) in [5, 5.41) is 1.20. The molecule has 0 aliphatic carbocycles. The summed E-state index contributed by atoms with van der Waals surface area (Å²) in [5.41, 5.74) is 9.21. The van der Waals surface area contributed by atoms with Crippen LogP contribution in [0.15, 0.2) is 22.6 Å². The van der Waals surface area contributed by atoms with E-state index in [1.54, 1.807) is 0 Å². The van der Waals surface area contributed by atoms with E-state index in [1.165, 1.54) is 16.5 Å². The van der Waals surface area contributed by atoms with E-state index in [-0.39, 0.29) is 6.04 Å². The number of hydrogen-bond donors (Lipinski definition) is 1. The lowest BCUT2D eigenvalue weighted by molar-refractivity contribution is 0.521. The van der Waals surface area contributed by atoms with Crippen molar-refractivity contribution >= 4 is 11.0 Å². The van der Waals surface area contributed by atoms with E-state index >= 15 is 0 Å². The maximum atomic E-state index is 5.81. The minimum absolute atomic E-state index is 0.144. The van der Waals surface area contributed by atoms with E-state index in [4.69, 9.17) is 10.2 Å². The number of rotatable bonds is 2. The van der Waals surface area contributed by atoms with Gasteiger partial charge in [-0.2, -0.15) is 0 Å². The molecule has 0 saturated heterocycles. The molecule has 2 nitrogen and oxygen atoms in total. The Morgan fingerprint density at radius 2 is 2.07 bits per heavy atom. The summed E-state index contributed by atoms with van der Waals surface area (Å²) in [6, 6.07) is 6.45. The summed E-state index contributed by atoms with van der Waals surface area (Å²) in [5.74, 6) is 1.02. The third-order valence-electron chi connectivity index (χ3n) is 2.70. The molecule has 80 valence electrons. The molecule has 1 atom stereocenters. The van der Waals surface area contributed by atoms with Crippen LogP contribution in [0.25, 0.3) is 11.0 Å². The first-order valence-electron chi connectivity index (χ1n) is 5.32. The topological polar surface area (TPSA) is 39.2 Å². The van der Waals surface area contributed by atoms with Crippen LogP contribution < -0.4 is 5.73 Å². The predicted octanol–water partition coefficient (Wildman–Crippen LogP) is 2.94. The van der Waals surface area contributed by atoms with Gasteiger partial charge in [-0.3, -0.25) is 0 Å². The molecule has 0 aliphatic rings. The van der Waals surface area contributed by atoms with Crippen LogP contribution in [0.1, 0.15) is 23.8 Å². The van der Waals surface area contributed by atoms with Crippen molar-refractivity contribution in [3.8, 4) is 0 Å². The highest BCUT2D eigenvalue weighted by Crippen LogP contribution is 2.26. The second-order valence-electron chi connectivity index (χ2n) is 4.33. The fourth-order valence-electron chi connectivity index (χ4n) is 1.87. The standard InChI is InChI=1S/C13H17NO/c1-8-4-5-11-10(3)12(7-9(2)14)15-13(11)6-8/h4-6,9H,7,14H2,1-3H3. The van der Waals surface area contributed by atoms with Crippen LogP contribution in [0.5, 0.6) is 0 Å². The van der Waals surface area contributed by atoms with E-state index < -0.39 is 0 Å². The number of benzene rings is 1. The first-order valence-corrected chi connectivity index (χ1v) is 5.32. The molecule has 1 heterocycles. The third-order valence-corrected chi connectivity index (χ3v) is 2.70. The highest BCUT2D eigenvalue weighted by Gasteiger charge is 2.11. The number of hydrogen-bond acceptors (Lipinski definition) is 2. The van der Waals surface area contributed by atoms with Crippen LogP contribution in [-0.4, -0.2) is 6.04 Å². The normalized spacial score (nSPS) is 13.3. The summed E-state index contributed by atoms with van der Waals surface area (Å²) in [6.45, 7) is 6.17. The Bertz CT molecular complexity index is 482. The summed E-state index contributed by atoms with van der Waals surface area (Å²) >= 11 is 0. The second kappa shape index (κ2) is 3.70. The Labute approximate surface area is 90.1 Å². The molecule has 1 aromatic carbocycles.